The molecular formula is C23H22BrNO5S. The maximum Gasteiger partial charge on any atom is 0.341 e. The minimum absolute atomic E-state index is 0.183. The predicted molar refractivity (Wildman–Crippen MR) is 125 cm³/mol. The minimum Gasteiger partial charge on any atom is -0.494 e. The van der Waals surface area contributed by atoms with Gasteiger partial charge >= 0.3 is 5.97 Å². The molecule has 1 heterocycles. The molecule has 1 N–H and O–H groups in total. The van der Waals surface area contributed by atoms with Gasteiger partial charge in [-0.15, -0.1) is 11.3 Å². The van der Waals surface area contributed by atoms with Crippen LogP contribution in [0.4, 0.5) is 5.00 Å². The topological polar surface area (TPSA) is 73.9 Å². The molecule has 162 valence electrons. The summed E-state index contributed by atoms with van der Waals surface area (Å²) in [5.74, 6) is 0.436. The smallest absolute Gasteiger partial charge is 0.341 e. The molecule has 0 aliphatic carbocycles. The van der Waals surface area contributed by atoms with Crippen molar-refractivity contribution < 1.29 is 23.8 Å². The van der Waals surface area contributed by atoms with Crippen molar-refractivity contribution in [3.8, 4) is 22.6 Å². The van der Waals surface area contributed by atoms with Crippen molar-refractivity contribution in [1.82, 2.24) is 0 Å². The molecule has 0 unspecified atom stereocenters. The van der Waals surface area contributed by atoms with Gasteiger partial charge in [-0.05, 0) is 55.8 Å². The number of benzene rings is 2. The molecule has 3 rings (SSSR count). The standard InChI is InChI=1S/C23H22BrNO5S/c1-4-29-17-9-5-15(6-10-17)20-14(2)31-22(21(20)23(27)28-3)25-19(26)13-30-18-11-7-16(24)8-12-18/h5-12H,4,13H2,1-3H3,(H,25,26). The Balaban J connectivity index is 1.83. The van der Waals surface area contributed by atoms with Gasteiger partial charge in [-0.1, -0.05) is 28.1 Å². The number of rotatable bonds is 8. The Morgan fingerprint density at radius 1 is 1.00 bits per heavy atom. The fraction of sp³-hybridized carbons (Fsp3) is 0.217. The molecule has 0 radical (unpaired) electrons. The first-order valence-electron chi connectivity index (χ1n) is 9.56. The van der Waals surface area contributed by atoms with E-state index in [2.05, 4.69) is 21.2 Å². The molecule has 0 saturated carbocycles. The fourth-order valence-electron chi connectivity index (χ4n) is 3.00. The lowest BCUT2D eigenvalue weighted by Gasteiger charge is -2.10. The summed E-state index contributed by atoms with van der Waals surface area (Å²) in [7, 11) is 1.32. The predicted octanol–water partition coefficient (Wildman–Crippen LogP) is 5.69. The molecule has 2 aromatic carbocycles. The van der Waals surface area contributed by atoms with Crippen LogP contribution in [0.5, 0.6) is 11.5 Å². The van der Waals surface area contributed by atoms with Crippen molar-refractivity contribution in [2.45, 2.75) is 13.8 Å². The van der Waals surface area contributed by atoms with E-state index in [0.29, 0.717) is 22.9 Å². The van der Waals surface area contributed by atoms with Gasteiger partial charge in [-0.25, -0.2) is 4.79 Å². The fourth-order valence-corrected chi connectivity index (χ4v) is 4.35. The zero-order valence-electron chi connectivity index (χ0n) is 17.4. The van der Waals surface area contributed by atoms with Crippen molar-refractivity contribution in [2.24, 2.45) is 0 Å². The van der Waals surface area contributed by atoms with Gasteiger partial charge in [0.05, 0.1) is 13.7 Å². The zero-order valence-corrected chi connectivity index (χ0v) is 19.8. The van der Waals surface area contributed by atoms with E-state index in [1.54, 1.807) is 12.1 Å². The number of amides is 1. The van der Waals surface area contributed by atoms with Crippen molar-refractivity contribution in [1.29, 1.82) is 0 Å². The monoisotopic (exact) mass is 503 g/mol. The lowest BCUT2D eigenvalue weighted by atomic mass is 10.0. The first-order valence-corrected chi connectivity index (χ1v) is 11.2. The van der Waals surface area contributed by atoms with Crippen LogP contribution in [0.3, 0.4) is 0 Å². The Morgan fingerprint density at radius 2 is 1.61 bits per heavy atom. The van der Waals surface area contributed by atoms with E-state index in [-0.39, 0.29) is 12.5 Å². The number of aryl methyl sites for hydroxylation is 1. The molecule has 6 nitrogen and oxygen atoms in total. The molecule has 0 atom stereocenters. The highest BCUT2D eigenvalue weighted by molar-refractivity contribution is 9.10. The number of esters is 1. The van der Waals surface area contributed by atoms with E-state index in [1.165, 1.54) is 18.4 Å². The molecular weight excluding hydrogens is 482 g/mol. The molecule has 0 spiro atoms. The van der Waals surface area contributed by atoms with Crippen LogP contribution >= 0.6 is 27.3 Å². The third-order valence-electron chi connectivity index (χ3n) is 4.36. The second-order valence-electron chi connectivity index (χ2n) is 6.48. The van der Waals surface area contributed by atoms with E-state index in [0.717, 1.165) is 26.2 Å². The molecule has 0 fully saturated rings. The number of ether oxygens (including phenoxy) is 3. The number of methoxy groups -OCH3 is 1. The Kier molecular flexibility index (Phi) is 7.70. The molecule has 1 aromatic heterocycles. The number of nitrogens with one attached hydrogen (secondary N) is 1. The van der Waals surface area contributed by atoms with Gasteiger partial charge in [-0.3, -0.25) is 4.79 Å². The average molecular weight is 504 g/mol. The Morgan fingerprint density at radius 3 is 2.23 bits per heavy atom. The number of hydrogen-bond donors (Lipinski definition) is 1. The molecule has 8 heteroatoms. The maximum absolute atomic E-state index is 12.6. The van der Waals surface area contributed by atoms with E-state index in [9.17, 15) is 9.59 Å². The lowest BCUT2D eigenvalue weighted by molar-refractivity contribution is -0.118. The molecule has 1 amide bonds. The van der Waals surface area contributed by atoms with Crippen molar-refractivity contribution in [3.63, 3.8) is 0 Å². The van der Waals surface area contributed by atoms with Crippen LogP contribution < -0.4 is 14.8 Å². The maximum atomic E-state index is 12.6. The second-order valence-corrected chi connectivity index (χ2v) is 8.62. The highest BCUT2D eigenvalue weighted by atomic mass is 79.9. The molecule has 0 bridgehead atoms. The summed E-state index contributed by atoms with van der Waals surface area (Å²) in [5, 5.41) is 3.22. The first-order chi connectivity index (χ1) is 14.9. The van der Waals surface area contributed by atoms with Crippen molar-refractivity contribution in [2.75, 3.05) is 25.6 Å². The van der Waals surface area contributed by atoms with E-state index < -0.39 is 5.97 Å². The number of hydrogen-bond acceptors (Lipinski definition) is 6. The van der Waals surface area contributed by atoms with Crippen LogP contribution in [0.15, 0.2) is 53.0 Å². The van der Waals surface area contributed by atoms with Gasteiger partial charge in [0.1, 0.15) is 22.1 Å². The van der Waals surface area contributed by atoms with Crippen LogP contribution in [0.1, 0.15) is 22.2 Å². The van der Waals surface area contributed by atoms with Gasteiger partial charge in [0, 0.05) is 14.9 Å². The highest BCUT2D eigenvalue weighted by Crippen LogP contribution is 2.40. The normalized spacial score (nSPS) is 10.5. The highest BCUT2D eigenvalue weighted by Gasteiger charge is 2.25. The number of halogens is 1. The Bertz CT molecular complexity index is 1060. The summed E-state index contributed by atoms with van der Waals surface area (Å²) in [4.78, 5) is 25.9. The quantitative estimate of drug-likeness (QED) is 0.399. The van der Waals surface area contributed by atoms with E-state index in [4.69, 9.17) is 14.2 Å². The van der Waals surface area contributed by atoms with Gasteiger partial charge < -0.3 is 19.5 Å². The number of anilines is 1. The summed E-state index contributed by atoms with van der Waals surface area (Å²) in [6.45, 7) is 4.21. The zero-order chi connectivity index (χ0) is 22.4. The summed E-state index contributed by atoms with van der Waals surface area (Å²) in [6, 6.07) is 14.6. The van der Waals surface area contributed by atoms with Crippen LogP contribution in [-0.4, -0.2) is 32.2 Å². The first kappa shape index (κ1) is 22.8. The van der Waals surface area contributed by atoms with Crippen LogP contribution in [0.2, 0.25) is 0 Å². The van der Waals surface area contributed by atoms with Crippen LogP contribution in [-0.2, 0) is 9.53 Å². The summed E-state index contributed by atoms with van der Waals surface area (Å²) in [6.07, 6.45) is 0. The summed E-state index contributed by atoms with van der Waals surface area (Å²) >= 11 is 4.67. The van der Waals surface area contributed by atoms with Crippen LogP contribution in [0.25, 0.3) is 11.1 Å². The third kappa shape index (κ3) is 5.65. The number of carbonyl (C=O) groups is 2. The number of carbonyl (C=O) groups excluding carboxylic acids is 2. The van der Waals surface area contributed by atoms with Crippen molar-refractivity contribution in [3.05, 3.63) is 63.4 Å². The van der Waals surface area contributed by atoms with E-state index >= 15 is 0 Å². The summed E-state index contributed by atoms with van der Waals surface area (Å²) in [5.41, 5.74) is 1.89. The lowest BCUT2D eigenvalue weighted by Crippen LogP contribution is -2.21. The van der Waals surface area contributed by atoms with Gasteiger partial charge in [-0.2, -0.15) is 0 Å². The number of thiophene rings is 1. The Hall–Kier alpha value is -2.84. The molecule has 0 aliphatic rings. The minimum atomic E-state index is -0.516. The summed E-state index contributed by atoms with van der Waals surface area (Å²) < 4.78 is 16.9. The third-order valence-corrected chi connectivity index (χ3v) is 5.91. The van der Waals surface area contributed by atoms with Gasteiger partial charge in [0.15, 0.2) is 6.61 Å². The van der Waals surface area contributed by atoms with E-state index in [1.807, 2.05) is 50.2 Å². The second kappa shape index (κ2) is 10.5. The largest absolute Gasteiger partial charge is 0.494 e. The Labute approximate surface area is 193 Å². The average Bonchev–Trinajstić information content (AvgIpc) is 3.09. The SMILES string of the molecule is CCOc1ccc(-c2c(C)sc(NC(=O)COc3ccc(Br)cc3)c2C(=O)OC)cc1. The molecule has 0 saturated heterocycles. The van der Waals surface area contributed by atoms with Gasteiger partial charge in [0.2, 0.25) is 0 Å². The molecule has 0 aliphatic heterocycles. The molecule has 31 heavy (non-hydrogen) atoms. The van der Waals surface area contributed by atoms with Gasteiger partial charge in [0.25, 0.3) is 5.91 Å². The molecule has 3 aromatic rings. The van der Waals surface area contributed by atoms with Crippen molar-refractivity contribution >= 4 is 44.1 Å². The van der Waals surface area contributed by atoms with Crippen LogP contribution in [0, 0.1) is 6.92 Å².